The Morgan fingerprint density at radius 3 is 1.80 bits per heavy atom. The molecule has 0 heterocycles. The molecular formula is C18H20O2. The summed E-state index contributed by atoms with van der Waals surface area (Å²) in [5.41, 5.74) is 2.45. The van der Waals surface area contributed by atoms with E-state index in [1.165, 1.54) is 11.1 Å². The summed E-state index contributed by atoms with van der Waals surface area (Å²) in [6.07, 6.45) is 4.33. The molecule has 0 aromatic heterocycles. The maximum atomic E-state index is 5.17. The average molecular weight is 268 g/mol. The average Bonchev–Trinajstić information content (AvgIpc) is 2.53. The van der Waals surface area contributed by atoms with Crippen molar-refractivity contribution in [2.75, 3.05) is 14.2 Å². The van der Waals surface area contributed by atoms with Crippen LogP contribution >= 0.6 is 0 Å². The first-order valence-electron chi connectivity index (χ1n) is 6.69. The van der Waals surface area contributed by atoms with Gasteiger partial charge in [0.1, 0.15) is 11.5 Å². The third kappa shape index (κ3) is 3.64. The van der Waals surface area contributed by atoms with Crippen LogP contribution in [0.5, 0.6) is 11.5 Å². The van der Waals surface area contributed by atoms with Gasteiger partial charge in [-0.25, -0.2) is 0 Å². The van der Waals surface area contributed by atoms with Crippen LogP contribution in [-0.4, -0.2) is 14.2 Å². The van der Waals surface area contributed by atoms with Crippen molar-refractivity contribution in [2.24, 2.45) is 0 Å². The highest BCUT2D eigenvalue weighted by Gasteiger charge is 2.01. The van der Waals surface area contributed by atoms with Crippen molar-refractivity contribution < 1.29 is 9.47 Å². The fraction of sp³-hybridized carbons (Fsp3) is 0.222. The van der Waals surface area contributed by atoms with Crippen molar-refractivity contribution in [3.63, 3.8) is 0 Å². The lowest BCUT2D eigenvalue weighted by Crippen LogP contribution is -1.90. The van der Waals surface area contributed by atoms with Gasteiger partial charge >= 0.3 is 0 Å². The Bertz CT molecular complexity index is 553. The van der Waals surface area contributed by atoms with Crippen LogP contribution in [0.1, 0.15) is 24.0 Å². The third-order valence-corrected chi connectivity index (χ3v) is 3.33. The molecule has 0 aliphatic rings. The molecule has 0 aliphatic carbocycles. The van der Waals surface area contributed by atoms with E-state index in [0.29, 0.717) is 5.92 Å². The highest BCUT2D eigenvalue weighted by Crippen LogP contribution is 2.21. The predicted molar refractivity (Wildman–Crippen MR) is 83.4 cm³/mol. The van der Waals surface area contributed by atoms with Gasteiger partial charge in [-0.1, -0.05) is 43.3 Å². The maximum absolute atomic E-state index is 5.17. The number of methoxy groups -OCH3 is 2. The second-order valence-corrected chi connectivity index (χ2v) is 4.69. The van der Waals surface area contributed by atoms with Gasteiger partial charge in [0.2, 0.25) is 0 Å². The molecule has 1 atom stereocenters. The summed E-state index contributed by atoms with van der Waals surface area (Å²) in [5.74, 6) is 2.13. The van der Waals surface area contributed by atoms with Crippen molar-refractivity contribution in [1.82, 2.24) is 0 Å². The molecule has 0 N–H and O–H groups in total. The second-order valence-electron chi connectivity index (χ2n) is 4.69. The van der Waals surface area contributed by atoms with Crippen molar-refractivity contribution in [3.8, 4) is 11.5 Å². The number of ether oxygens (including phenoxy) is 2. The minimum atomic E-state index is 0.364. The van der Waals surface area contributed by atoms with Gasteiger partial charge < -0.3 is 9.47 Å². The topological polar surface area (TPSA) is 18.5 Å². The SMILES string of the molecule is COc1ccc(/C=C/[C@@H](C)c2ccc(OC)cc2)cc1. The third-order valence-electron chi connectivity index (χ3n) is 3.33. The molecule has 0 fully saturated rings. The lowest BCUT2D eigenvalue weighted by molar-refractivity contribution is 0.414. The molecule has 0 amide bonds. The zero-order valence-electron chi connectivity index (χ0n) is 12.2. The van der Waals surface area contributed by atoms with Crippen LogP contribution in [-0.2, 0) is 0 Å². The van der Waals surface area contributed by atoms with Crippen LogP contribution in [0, 0.1) is 0 Å². The number of benzene rings is 2. The first-order chi connectivity index (χ1) is 9.72. The number of hydrogen-bond acceptors (Lipinski definition) is 2. The zero-order valence-corrected chi connectivity index (χ0v) is 12.2. The molecule has 0 aliphatic heterocycles. The molecule has 2 rings (SSSR count). The smallest absolute Gasteiger partial charge is 0.118 e. The molecule has 0 bridgehead atoms. The molecule has 2 nitrogen and oxygen atoms in total. The predicted octanol–water partition coefficient (Wildman–Crippen LogP) is 4.52. The van der Waals surface area contributed by atoms with Crippen LogP contribution < -0.4 is 9.47 Å². The summed E-state index contributed by atoms with van der Waals surface area (Å²) < 4.78 is 10.3. The van der Waals surface area contributed by atoms with Gasteiger partial charge in [-0.15, -0.1) is 0 Å². The maximum Gasteiger partial charge on any atom is 0.118 e. The molecule has 0 saturated carbocycles. The van der Waals surface area contributed by atoms with Gasteiger partial charge in [0, 0.05) is 0 Å². The normalized spacial score (nSPS) is 12.3. The highest BCUT2D eigenvalue weighted by molar-refractivity contribution is 5.52. The number of allylic oxidation sites excluding steroid dienone is 1. The van der Waals surface area contributed by atoms with Crippen molar-refractivity contribution >= 4 is 6.08 Å². The fourth-order valence-electron chi connectivity index (χ4n) is 1.99. The molecule has 2 heteroatoms. The first kappa shape index (κ1) is 14.2. The summed E-state index contributed by atoms with van der Waals surface area (Å²) in [6.45, 7) is 2.18. The van der Waals surface area contributed by atoms with Crippen molar-refractivity contribution in [2.45, 2.75) is 12.8 Å². The summed E-state index contributed by atoms with van der Waals surface area (Å²) in [7, 11) is 3.36. The lowest BCUT2D eigenvalue weighted by atomic mass is 10.00. The quantitative estimate of drug-likeness (QED) is 0.793. The molecular weight excluding hydrogens is 248 g/mol. The van der Waals surface area contributed by atoms with Gasteiger partial charge in [0.25, 0.3) is 0 Å². The van der Waals surface area contributed by atoms with E-state index in [9.17, 15) is 0 Å². The highest BCUT2D eigenvalue weighted by atomic mass is 16.5. The van der Waals surface area contributed by atoms with E-state index >= 15 is 0 Å². The van der Waals surface area contributed by atoms with E-state index in [-0.39, 0.29) is 0 Å². The molecule has 0 spiro atoms. The van der Waals surface area contributed by atoms with E-state index in [1.807, 2.05) is 24.3 Å². The minimum absolute atomic E-state index is 0.364. The van der Waals surface area contributed by atoms with Crippen LogP contribution in [0.4, 0.5) is 0 Å². The molecule has 0 unspecified atom stereocenters. The van der Waals surface area contributed by atoms with E-state index in [2.05, 4.69) is 43.3 Å². The molecule has 104 valence electrons. The van der Waals surface area contributed by atoms with Gasteiger partial charge in [0.05, 0.1) is 14.2 Å². The molecule has 20 heavy (non-hydrogen) atoms. The Kier molecular flexibility index (Phi) is 4.83. The second kappa shape index (κ2) is 6.80. The fourth-order valence-corrected chi connectivity index (χ4v) is 1.99. The lowest BCUT2D eigenvalue weighted by Gasteiger charge is -2.08. The van der Waals surface area contributed by atoms with E-state index in [4.69, 9.17) is 9.47 Å². The van der Waals surface area contributed by atoms with Crippen LogP contribution in [0.15, 0.2) is 54.6 Å². The summed E-state index contributed by atoms with van der Waals surface area (Å²) in [6, 6.07) is 16.2. The molecule has 0 saturated heterocycles. The monoisotopic (exact) mass is 268 g/mol. The Morgan fingerprint density at radius 2 is 1.30 bits per heavy atom. The minimum Gasteiger partial charge on any atom is -0.497 e. The number of hydrogen-bond donors (Lipinski definition) is 0. The van der Waals surface area contributed by atoms with E-state index in [1.54, 1.807) is 14.2 Å². The van der Waals surface area contributed by atoms with Crippen LogP contribution in [0.2, 0.25) is 0 Å². The standard InChI is InChI=1S/C18H20O2/c1-14(16-8-12-18(20-3)13-9-16)4-5-15-6-10-17(19-2)11-7-15/h4-14H,1-3H3/b5-4+/t14-/m1/s1. The largest absolute Gasteiger partial charge is 0.497 e. The summed E-state index contributed by atoms with van der Waals surface area (Å²) in [4.78, 5) is 0. The summed E-state index contributed by atoms with van der Waals surface area (Å²) >= 11 is 0. The zero-order chi connectivity index (χ0) is 14.4. The first-order valence-corrected chi connectivity index (χ1v) is 6.69. The number of rotatable bonds is 5. The Morgan fingerprint density at radius 1 is 0.800 bits per heavy atom. The Labute approximate surface area is 120 Å². The van der Waals surface area contributed by atoms with Gasteiger partial charge in [-0.3, -0.25) is 0 Å². The van der Waals surface area contributed by atoms with Crippen molar-refractivity contribution in [1.29, 1.82) is 0 Å². The van der Waals surface area contributed by atoms with Crippen LogP contribution in [0.3, 0.4) is 0 Å². The Balaban J connectivity index is 2.04. The summed E-state index contributed by atoms with van der Waals surface area (Å²) in [5, 5.41) is 0. The van der Waals surface area contributed by atoms with Gasteiger partial charge in [-0.2, -0.15) is 0 Å². The van der Waals surface area contributed by atoms with Crippen LogP contribution in [0.25, 0.3) is 6.08 Å². The Hall–Kier alpha value is -2.22. The van der Waals surface area contributed by atoms with Crippen molar-refractivity contribution in [3.05, 3.63) is 65.7 Å². The van der Waals surface area contributed by atoms with E-state index < -0.39 is 0 Å². The molecule has 2 aromatic carbocycles. The van der Waals surface area contributed by atoms with Gasteiger partial charge in [0.15, 0.2) is 0 Å². The molecule has 2 aromatic rings. The molecule has 0 radical (unpaired) electrons. The van der Waals surface area contributed by atoms with E-state index in [0.717, 1.165) is 11.5 Å². The van der Waals surface area contributed by atoms with Gasteiger partial charge in [-0.05, 0) is 41.3 Å².